The fourth-order valence-electron chi connectivity index (χ4n) is 3.25. The van der Waals surface area contributed by atoms with Crippen molar-refractivity contribution in [1.82, 2.24) is 25.1 Å². The number of rotatable bonds is 7. The smallest absolute Gasteiger partial charge is 0.246 e. The molecule has 0 atom stereocenters. The first kappa shape index (κ1) is 18.4. The molecule has 1 aliphatic rings. The summed E-state index contributed by atoms with van der Waals surface area (Å²) in [5, 5.41) is 12.4. The van der Waals surface area contributed by atoms with E-state index in [2.05, 4.69) is 22.3 Å². The van der Waals surface area contributed by atoms with E-state index in [9.17, 15) is 4.79 Å². The molecule has 0 saturated heterocycles. The van der Waals surface area contributed by atoms with Gasteiger partial charge in [0.2, 0.25) is 11.7 Å². The normalized spacial score (nSPS) is 15.0. The molecule has 0 aliphatic heterocycles. The van der Waals surface area contributed by atoms with Gasteiger partial charge in [0.1, 0.15) is 12.3 Å². The number of ether oxygens (including phenoxy) is 1. The highest BCUT2D eigenvalue weighted by Crippen LogP contribution is 2.22. The molecule has 0 radical (unpaired) electrons. The fourth-order valence-corrected chi connectivity index (χ4v) is 3.25. The summed E-state index contributed by atoms with van der Waals surface area (Å²) in [4.78, 5) is 15.7. The molecule has 2 aromatic rings. The van der Waals surface area contributed by atoms with Crippen LogP contribution in [0.25, 0.3) is 11.4 Å². The van der Waals surface area contributed by atoms with Crippen molar-refractivity contribution in [1.29, 1.82) is 0 Å². The molecule has 1 heterocycles. The zero-order chi connectivity index (χ0) is 18.4. The van der Waals surface area contributed by atoms with Crippen molar-refractivity contribution < 1.29 is 9.53 Å². The number of benzene rings is 1. The minimum absolute atomic E-state index is 0.0316. The standard InChI is InChI=1S/C19H27N5O2/c1-3-13-26-17-11-9-15(10-12-17)19-20-22-24(21-19)14-18(25)23(2)16-7-5-4-6-8-16/h9-12,16H,3-8,13-14H2,1-2H3. The molecule has 140 valence electrons. The van der Waals surface area contributed by atoms with Gasteiger partial charge < -0.3 is 9.64 Å². The van der Waals surface area contributed by atoms with Gasteiger partial charge in [-0.05, 0) is 48.7 Å². The summed E-state index contributed by atoms with van der Waals surface area (Å²) in [6, 6.07) is 7.95. The van der Waals surface area contributed by atoms with Crippen molar-refractivity contribution in [2.45, 2.75) is 58.0 Å². The number of amides is 1. The van der Waals surface area contributed by atoms with Gasteiger partial charge in [-0.25, -0.2) is 0 Å². The number of aromatic nitrogens is 4. The molecular formula is C19H27N5O2. The molecule has 1 aromatic carbocycles. The molecule has 7 heteroatoms. The van der Waals surface area contributed by atoms with Crippen LogP contribution in [0.1, 0.15) is 45.4 Å². The topological polar surface area (TPSA) is 73.1 Å². The van der Waals surface area contributed by atoms with Crippen LogP contribution in [0.15, 0.2) is 24.3 Å². The Morgan fingerprint density at radius 3 is 2.65 bits per heavy atom. The van der Waals surface area contributed by atoms with Gasteiger partial charge in [0.05, 0.1) is 6.61 Å². The molecule has 3 rings (SSSR count). The highest BCUT2D eigenvalue weighted by molar-refractivity contribution is 5.75. The van der Waals surface area contributed by atoms with E-state index in [1.54, 1.807) is 0 Å². The Morgan fingerprint density at radius 1 is 1.23 bits per heavy atom. The second-order valence-corrected chi connectivity index (χ2v) is 6.81. The summed E-state index contributed by atoms with van der Waals surface area (Å²) < 4.78 is 5.58. The molecule has 1 fully saturated rings. The van der Waals surface area contributed by atoms with Crippen molar-refractivity contribution in [2.24, 2.45) is 0 Å². The van der Waals surface area contributed by atoms with E-state index >= 15 is 0 Å². The van der Waals surface area contributed by atoms with Crippen LogP contribution in [0.3, 0.4) is 0 Å². The van der Waals surface area contributed by atoms with E-state index in [4.69, 9.17) is 4.74 Å². The zero-order valence-corrected chi connectivity index (χ0v) is 15.6. The van der Waals surface area contributed by atoms with E-state index in [1.165, 1.54) is 24.1 Å². The zero-order valence-electron chi connectivity index (χ0n) is 15.6. The number of hydrogen-bond donors (Lipinski definition) is 0. The Labute approximate surface area is 154 Å². The van der Waals surface area contributed by atoms with Gasteiger partial charge >= 0.3 is 0 Å². The summed E-state index contributed by atoms with van der Waals surface area (Å²) in [7, 11) is 1.88. The molecule has 1 amide bonds. The number of hydrogen-bond acceptors (Lipinski definition) is 5. The molecule has 0 N–H and O–H groups in total. The Bertz CT molecular complexity index is 707. The number of nitrogens with zero attached hydrogens (tertiary/aromatic N) is 5. The van der Waals surface area contributed by atoms with Crippen LogP contribution in [0, 0.1) is 0 Å². The van der Waals surface area contributed by atoms with Crippen LogP contribution in [0.5, 0.6) is 5.75 Å². The summed E-state index contributed by atoms with van der Waals surface area (Å²) in [5.74, 6) is 1.37. The van der Waals surface area contributed by atoms with Gasteiger partial charge in [0, 0.05) is 18.7 Å². The quantitative estimate of drug-likeness (QED) is 0.762. The summed E-state index contributed by atoms with van der Waals surface area (Å²) in [6.45, 7) is 2.89. The van der Waals surface area contributed by atoms with Gasteiger partial charge in [-0.15, -0.1) is 10.2 Å². The van der Waals surface area contributed by atoms with E-state index in [0.717, 1.165) is 30.6 Å². The van der Waals surface area contributed by atoms with Crippen LogP contribution in [0.2, 0.25) is 0 Å². The molecule has 0 bridgehead atoms. The second kappa shape index (κ2) is 8.78. The van der Waals surface area contributed by atoms with E-state index in [1.807, 2.05) is 36.2 Å². The number of carbonyl (C=O) groups is 1. The average Bonchev–Trinajstić information content (AvgIpc) is 3.15. The SMILES string of the molecule is CCCOc1ccc(-c2nnn(CC(=O)N(C)C3CCCCC3)n2)cc1. The molecule has 1 saturated carbocycles. The molecule has 7 nitrogen and oxygen atoms in total. The highest BCUT2D eigenvalue weighted by atomic mass is 16.5. The van der Waals surface area contributed by atoms with Crippen LogP contribution in [-0.2, 0) is 11.3 Å². The predicted octanol–water partition coefficient (Wildman–Crippen LogP) is 2.92. The van der Waals surface area contributed by atoms with E-state index in [0.29, 0.717) is 18.5 Å². The first-order chi connectivity index (χ1) is 12.7. The third-order valence-electron chi connectivity index (χ3n) is 4.83. The molecule has 0 spiro atoms. The maximum absolute atomic E-state index is 12.5. The first-order valence-electron chi connectivity index (χ1n) is 9.44. The van der Waals surface area contributed by atoms with Gasteiger partial charge in [0.15, 0.2) is 0 Å². The van der Waals surface area contributed by atoms with Gasteiger partial charge in [-0.2, -0.15) is 4.80 Å². The Hall–Kier alpha value is -2.44. The lowest BCUT2D eigenvalue weighted by atomic mass is 9.94. The maximum Gasteiger partial charge on any atom is 0.246 e. The van der Waals surface area contributed by atoms with Crippen molar-refractivity contribution in [2.75, 3.05) is 13.7 Å². The fraction of sp³-hybridized carbons (Fsp3) is 0.579. The molecule has 0 unspecified atom stereocenters. The third kappa shape index (κ3) is 4.59. The lowest BCUT2D eigenvalue weighted by Gasteiger charge is -2.31. The summed E-state index contributed by atoms with van der Waals surface area (Å²) in [5.41, 5.74) is 0.855. The number of tetrazole rings is 1. The van der Waals surface area contributed by atoms with Gasteiger partial charge in [-0.3, -0.25) is 4.79 Å². The lowest BCUT2D eigenvalue weighted by Crippen LogP contribution is -2.40. The largest absolute Gasteiger partial charge is 0.494 e. The van der Waals surface area contributed by atoms with Crippen molar-refractivity contribution in [3.8, 4) is 17.1 Å². The second-order valence-electron chi connectivity index (χ2n) is 6.81. The van der Waals surface area contributed by atoms with Gasteiger partial charge in [-0.1, -0.05) is 26.2 Å². The van der Waals surface area contributed by atoms with Crippen molar-refractivity contribution in [3.05, 3.63) is 24.3 Å². The molecular weight excluding hydrogens is 330 g/mol. The third-order valence-corrected chi connectivity index (χ3v) is 4.83. The van der Waals surface area contributed by atoms with Crippen LogP contribution < -0.4 is 4.74 Å². The average molecular weight is 357 g/mol. The minimum atomic E-state index is 0.0316. The number of likely N-dealkylation sites (N-methyl/N-ethyl adjacent to an activating group) is 1. The van der Waals surface area contributed by atoms with E-state index < -0.39 is 0 Å². The lowest BCUT2D eigenvalue weighted by molar-refractivity contribution is -0.133. The molecule has 1 aromatic heterocycles. The first-order valence-corrected chi connectivity index (χ1v) is 9.44. The minimum Gasteiger partial charge on any atom is -0.494 e. The highest BCUT2D eigenvalue weighted by Gasteiger charge is 2.22. The Kier molecular flexibility index (Phi) is 6.20. The van der Waals surface area contributed by atoms with Gasteiger partial charge in [0.25, 0.3) is 0 Å². The summed E-state index contributed by atoms with van der Waals surface area (Å²) >= 11 is 0. The predicted molar refractivity (Wildman–Crippen MR) is 98.7 cm³/mol. The van der Waals surface area contributed by atoms with Crippen LogP contribution >= 0.6 is 0 Å². The Morgan fingerprint density at radius 2 is 1.96 bits per heavy atom. The van der Waals surface area contributed by atoms with Crippen molar-refractivity contribution >= 4 is 5.91 Å². The Balaban J connectivity index is 1.59. The molecule has 1 aliphatic carbocycles. The molecule has 26 heavy (non-hydrogen) atoms. The van der Waals surface area contributed by atoms with Crippen LogP contribution in [-0.4, -0.2) is 50.7 Å². The number of carbonyl (C=O) groups excluding carboxylic acids is 1. The maximum atomic E-state index is 12.5. The van der Waals surface area contributed by atoms with E-state index in [-0.39, 0.29) is 12.5 Å². The van der Waals surface area contributed by atoms with Crippen LogP contribution in [0.4, 0.5) is 0 Å². The monoisotopic (exact) mass is 357 g/mol. The van der Waals surface area contributed by atoms with Crippen molar-refractivity contribution in [3.63, 3.8) is 0 Å². The summed E-state index contributed by atoms with van der Waals surface area (Å²) in [6.07, 6.45) is 6.82.